The maximum atomic E-state index is 12.8. The van der Waals surface area contributed by atoms with Gasteiger partial charge in [0.05, 0.1) is 28.8 Å². The van der Waals surface area contributed by atoms with Gasteiger partial charge in [-0.25, -0.2) is 13.4 Å². The molecule has 3 N–H and O–H groups in total. The van der Waals surface area contributed by atoms with Crippen molar-refractivity contribution in [2.75, 3.05) is 12.8 Å². The summed E-state index contributed by atoms with van der Waals surface area (Å²) in [6.07, 6.45) is 0. The zero-order valence-electron chi connectivity index (χ0n) is 15.4. The van der Waals surface area contributed by atoms with Crippen LogP contribution in [0.2, 0.25) is 5.02 Å². The number of aromatic amines is 1. The van der Waals surface area contributed by atoms with Gasteiger partial charge in [0, 0.05) is 10.6 Å². The average molecular weight is 429 g/mol. The third kappa shape index (κ3) is 3.76. The Kier molecular flexibility index (Phi) is 4.89. The summed E-state index contributed by atoms with van der Waals surface area (Å²) in [7, 11) is -2.07. The molecular formula is C20H17ClN4O3S. The van der Waals surface area contributed by atoms with E-state index in [-0.39, 0.29) is 10.6 Å². The summed E-state index contributed by atoms with van der Waals surface area (Å²) in [6, 6.07) is 15.1. The molecule has 0 amide bonds. The van der Waals surface area contributed by atoms with Crippen LogP contribution in [-0.4, -0.2) is 30.7 Å². The van der Waals surface area contributed by atoms with E-state index in [1.54, 1.807) is 42.5 Å². The smallest absolute Gasteiger partial charge is 0.183 e. The van der Waals surface area contributed by atoms with Crippen LogP contribution in [0.5, 0.6) is 5.75 Å². The van der Waals surface area contributed by atoms with Gasteiger partial charge in [0.15, 0.2) is 15.5 Å². The van der Waals surface area contributed by atoms with Gasteiger partial charge in [0.2, 0.25) is 0 Å². The summed E-state index contributed by atoms with van der Waals surface area (Å²) in [5, 5.41) is 7.85. The van der Waals surface area contributed by atoms with Crippen LogP contribution in [0.1, 0.15) is 5.56 Å². The topological polar surface area (TPSA) is 111 Å². The molecule has 0 fully saturated rings. The number of aromatic nitrogens is 3. The lowest BCUT2D eigenvalue weighted by atomic mass is 10.1. The first-order chi connectivity index (χ1) is 13.9. The van der Waals surface area contributed by atoms with Gasteiger partial charge in [-0.15, -0.1) is 0 Å². The van der Waals surface area contributed by atoms with Crippen molar-refractivity contribution in [1.82, 2.24) is 15.2 Å². The van der Waals surface area contributed by atoms with Gasteiger partial charge >= 0.3 is 0 Å². The molecule has 0 aliphatic carbocycles. The van der Waals surface area contributed by atoms with Crippen molar-refractivity contribution in [2.24, 2.45) is 0 Å². The van der Waals surface area contributed by atoms with E-state index in [0.29, 0.717) is 33.5 Å². The van der Waals surface area contributed by atoms with Gasteiger partial charge in [-0.1, -0.05) is 23.7 Å². The summed E-state index contributed by atoms with van der Waals surface area (Å²) in [5.41, 5.74) is 8.21. The van der Waals surface area contributed by atoms with Crippen molar-refractivity contribution in [3.63, 3.8) is 0 Å². The van der Waals surface area contributed by atoms with Crippen LogP contribution in [0, 0.1) is 0 Å². The van der Waals surface area contributed by atoms with Crippen molar-refractivity contribution in [3.8, 4) is 17.0 Å². The van der Waals surface area contributed by atoms with Crippen molar-refractivity contribution < 1.29 is 13.2 Å². The SMILES string of the molecule is COc1ccc(Cl)c(CS(=O)(=O)c2ccc(-c3ccc4c(N)[nH]nc4n3)cc2)c1. The van der Waals surface area contributed by atoms with Crippen LogP contribution in [0.15, 0.2) is 59.5 Å². The van der Waals surface area contributed by atoms with Gasteiger partial charge < -0.3 is 10.5 Å². The predicted molar refractivity (Wildman–Crippen MR) is 113 cm³/mol. The fourth-order valence-corrected chi connectivity index (χ4v) is 4.62. The molecule has 0 radical (unpaired) electrons. The highest BCUT2D eigenvalue weighted by atomic mass is 35.5. The molecule has 0 aliphatic heterocycles. The van der Waals surface area contributed by atoms with E-state index < -0.39 is 9.84 Å². The standard InChI is InChI=1S/C20H17ClN4O3S/c1-28-14-4-8-17(21)13(10-14)11-29(26,27)15-5-2-12(3-6-15)18-9-7-16-19(22)24-25-20(16)23-18/h2-10H,11H2,1H3,(H3,22,23,24,25). The molecule has 148 valence electrons. The van der Waals surface area contributed by atoms with Crippen molar-refractivity contribution in [1.29, 1.82) is 0 Å². The minimum Gasteiger partial charge on any atom is -0.497 e. The monoisotopic (exact) mass is 428 g/mol. The third-order valence-electron chi connectivity index (χ3n) is 4.56. The number of rotatable bonds is 5. The number of hydrogen-bond acceptors (Lipinski definition) is 6. The minimum absolute atomic E-state index is 0.199. The van der Waals surface area contributed by atoms with Crippen LogP contribution < -0.4 is 10.5 Å². The molecule has 0 saturated carbocycles. The van der Waals surface area contributed by atoms with E-state index >= 15 is 0 Å². The molecule has 0 spiro atoms. The fourth-order valence-electron chi connectivity index (χ4n) is 2.99. The molecule has 4 rings (SSSR count). The minimum atomic E-state index is -3.59. The highest BCUT2D eigenvalue weighted by Gasteiger charge is 2.18. The molecule has 29 heavy (non-hydrogen) atoms. The molecule has 2 aromatic carbocycles. The van der Waals surface area contributed by atoms with Crippen LogP contribution in [0.25, 0.3) is 22.3 Å². The molecule has 2 heterocycles. The number of methoxy groups -OCH3 is 1. The number of benzene rings is 2. The van der Waals surface area contributed by atoms with E-state index in [2.05, 4.69) is 15.2 Å². The zero-order valence-corrected chi connectivity index (χ0v) is 17.0. The first-order valence-corrected chi connectivity index (χ1v) is 10.7. The van der Waals surface area contributed by atoms with E-state index in [4.69, 9.17) is 22.1 Å². The Morgan fingerprint density at radius 2 is 1.86 bits per heavy atom. The summed E-state index contributed by atoms with van der Waals surface area (Å²) >= 11 is 6.16. The van der Waals surface area contributed by atoms with E-state index in [1.807, 2.05) is 12.1 Å². The Morgan fingerprint density at radius 1 is 1.10 bits per heavy atom. The lowest BCUT2D eigenvalue weighted by Gasteiger charge is -2.09. The maximum Gasteiger partial charge on any atom is 0.183 e. The van der Waals surface area contributed by atoms with E-state index in [0.717, 1.165) is 10.9 Å². The quantitative estimate of drug-likeness (QED) is 0.499. The number of nitrogens with one attached hydrogen (secondary N) is 1. The molecule has 0 bridgehead atoms. The number of sulfone groups is 1. The van der Waals surface area contributed by atoms with E-state index in [1.165, 1.54) is 7.11 Å². The number of nitrogen functional groups attached to an aromatic ring is 1. The molecule has 4 aromatic rings. The van der Waals surface area contributed by atoms with Gasteiger partial charge in [0.1, 0.15) is 11.6 Å². The average Bonchev–Trinajstić information content (AvgIpc) is 3.10. The second-order valence-corrected chi connectivity index (χ2v) is 8.84. The van der Waals surface area contributed by atoms with E-state index in [9.17, 15) is 8.42 Å². The van der Waals surface area contributed by atoms with Crippen molar-refractivity contribution >= 4 is 38.3 Å². The lowest BCUT2D eigenvalue weighted by molar-refractivity contribution is 0.414. The highest BCUT2D eigenvalue weighted by molar-refractivity contribution is 7.90. The van der Waals surface area contributed by atoms with Crippen LogP contribution in [0.3, 0.4) is 0 Å². The fraction of sp³-hybridized carbons (Fsp3) is 0.100. The van der Waals surface area contributed by atoms with Crippen LogP contribution >= 0.6 is 11.6 Å². The summed E-state index contributed by atoms with van der Waals surface area (Å²) in [5.74, 6) is 0.784. The number of ether oxygens (including phenoxy) is 1. The van der Waals surface area contributed by atoms with Gasteiger partial charge in [-0.05, 0) is 48.0 Å². The number of halogens is 1. The van der Waals surface area contributed by atoms with Gasteiger partial charge in [-0.2, -0.15) is 5.10 Å². The Hall–Kier alpha value is -3.10. The molecule has 7 nitrogen and oxygen atoms in total. The normalized spacial score (nSPS) is 11.7. The molecular weight excluding hydrogens is 412 g/mol. The number of pyridine rings is 1. The third-order valence-corrected chi connectivity index (χ3v) is 6.61. The second kappa shape index (κ2) is 7.38. The Labute approximate surface area is 172 Å². The van der Waals surface area contributed by atoms with Crippen molar-refractivity contribution in [3.05, 3.63) is 65.2 Å². The highest BCUT2D eigenvalue weighted by Crippen LogP contribution is 2.28. The first-order valence-electron chi connectivity index (χ1n) is 8.63. The second-order valence-electron chi connectivity index (χ2n) is 6.45. The number of anilines is 1. The largest absolute Gasteiger partial charge is 0.497 e. The maximum absolute atomic E-state index is 12.8. The molecule has 0 aliphatic rings. The van der Waals surface area contributed by atoms with Gasteiger partial charge in [0.25, 0.3) is 0 Å². The Bertz CT molecular complexity index is 1300. The van der Waals surface area contributed by atoms with Gasteiger partial charge in [-0.3, -0.25) is 5.10 Å². The van der Waals surface area contributed by atoms with Crippen LogP contribution in [-0.2, 0) is 15.6 Å². The zero-order chi connectivity index (χ0) is 20.6. The summed E-state index contributed by atoms with van der Waals surface area (Å²) in [4.78, 5) is 4.65. The Balaban J connectivity index is 1.62. The number of nitrogens with zero attached hydrogens (tertiary/aromatic N) is 2. The number of hydrogen-bond donors (Lipinski definition) is 2. The Morgan fingerprint density at radius 3 is 2.59 bits per heavy atom. The molecule has 0 saturated heterocycles. The molecule has 9 heteroatoms. The summed E-state index contributed by atoms with van der Waals surface area (Å²) < 4.78 is 30.8. The predicted octanol–water partition coefficient (Wildman–Crippen LogP) is 3.84. The molecule has 0 unspecified atom stereocenters. The van der Waals surface area contributed by atoms with Crippen LogP contribution in [0.4, 0.5) is 5.82 Å². The first kappa shape index (κ1) is 19.2. The number of H-pyrrole nitrogens is 1. The van der Waals surface area contributed by atoms with Crippen molar-refractivity contribution in [2.45, 2.75) is 10.6 Å². The lowest BCUT2D eigenvalue weighted by Crippen LogP contribution is -2.05. The summed E-state index contributed by atoms with van der Waals surface area (Å²) in [6.45, 7) is 0. The molecule has 0 atom stereocenters. The number of fused-ring (bicyclic) bond motifs is 1. The number of nitrogens with two attached hydrogens (primary N) is 1. The molecule has 2 aromatic heterocycles.